The zero-order valence-electron chi connectivity index (χ0n) is 20.6. The number of hydrogen-bond donors (Lipinski definition) is 2. The van der Waals surface area contributed by atoms with E-state index in [0.29, 0.717) is 16.8 Å². The predicted molar refractivity (Wildman–Crippen MR) is 145 cm³/mol. The molecule has 0 aromatic heterocycles. The molecule has 0 radical (unpaired) electrons. The molecule has 2 heterocycles. The summed E-state index contributed by atoms with van der Waals surface area (Å²) in [7, 11) is 2.18. The number of likely N-dealkylation sites (N-methyl/N-ethyl adjacent to an activating group) is 1. The zero-order chi connectivity index (χ0) is 24.9. The Morgan fingerprint density at radius 1 is 0.972 bits per heavy atom. The molecule has 2 N–H and O–H groups in total. The third-order valence-corrected chi connectivity index (χ3v) is 6.78. The lowest BCUT2D eigenvalue weighted by Gasteiger charge is -2.32. The lowest BCUT2D eigenvalue weighted by atomic mass is 10.1. The molecule has 186 valence electrons. The van der Waals surface area contributed by atoms with Gasteiger partial charge in [0.05, 0.1) is 11.3 Å². The Labute approximate surface area is 212 Å². The molecule has 5 rings (SSSR count). The minimum absolute atomic E-state index is 0.241. The van der Waals surface area contributed by atoms with E-state index in [1.165, 1.54) is 12.1 Å². The monoisotopic (exact) mass is 485 g/mol. The van der Waals surface area contributed by atoms with Crippen LogP contribution in [0.15, 0.2) is 79.0 Å². The summed E-state index contributed by atoms with van der Waals surface area (Å²) in [4.78, 5) is 19.6. The molecule has 6 nitrogen and oxygen atoms in total. The molecule has 1 saturated heterocycles. The van der Waals surface area contributed by atoms with E-state index in [1.807, 2.05) is 53.6 Å². The molecular formula is C29H32FN5O. The summed E-state index contributed by atoms with van der Waals surface area (Å²) in [6, 6.07) is 22.5. The van der Waals surface area contributed by atoms with Crippen molar-refractivity contribution in [3.05, 3.63) is 90.4 Å². The van der Waals surface area contributed by atoms with Crippen LogP contribution in [0.25, 0.3) is 5.57 Å². The van der Waals surface area contributed by atoms with E-state index in [-0.39, 0.29) is 11.7 Å². The van der Waals surface area contributed by atoms with Crippen LogP contribution >= 0.6 is 0 Å². The number of hydrogen-bond acceptors (Lipinski definition) is 5. The average molecular weight is 486 g/mol. The standard InChI is InChI=1S/C29H32FN5O/c1-33-16-18-34(19-17-33)15-5-14-31-23-9-11-25(12-10-23)35(24-6-3-2-4-7-24)21-27-26-13-8-22(30)20-28(26)32-29(27)36/h2-4,6-13,20-21,31H,5,14-19H2,1H3,(H,32,36)/b27-21-. The van der Waals surface area contributed by atoms with Gasteiger partial charge in [0.1, 0.15) is 5.82 Å². The summed E-state index contributed by atoms with van der Waals surface area (Å²) in [6.07, 6.45) is 2.93. The van der Waals surface area contributed by atoms with Gasteiger partial charge in [0.15, 0.2) is 0 Å². The van der Waals surface area contributed by atoms with Crippen LogP contribution in [0, 0.1) is 5.82 Å². The lowest BCUT2D eigenvalue weighted by Crippen LogP contribution is -2.44. The van der Waals surface area contributed by atoms with Gasteiger partial charge < -0.3 is 25.3 Å². The van der Waals surface area contributed by atoms with Crippen molar-refractivity contribution in [3.63, 3.8) is 0 Å². The first-order chi connectivity index (χ1) is 17.6. The van der Waals surface area contributed by atoms with Gasteiger partial charge in [-0.15, -0.1) is 0 Å². The molecule has 0 bridgehead atoms. The van der Waals surface area contributed by atoms with Crippen molar-refractivity contribution >= 4 is 34.2 Å². The number of nitrogens with one attached hydrogen (secondary N) is 2. The van der Waals surface area contributed by atoms with E-state index in [0.717, 1.165) is 62.8 Å². The van der Waals surface area contributed by atoms with Gasteiger partial charge in [0.2, 0.25) is 0 Å². The van der Waals surface area contributed by atoms with Gasteiger partial charge >= 0.3 is 0 Å². The minimum Gasteiger partial charge on any atom is -0.385 e. The molecule has 7 heteroatoms. The molecule has 3 aromatic rings. The SMILES string of the molecule is CN1CCN(CCCNc2ccc(N(/C=C3\C(=O)Nc4cc(F)ccc43)c3ccccc3)cc2)CC1. The molecule has 36 heavy (non-hydrogen) atoms. The summed E-state index contributed by atoms with van der Waals surface area (Å²) >= 11 is 0. The van der Waals surface area contributed by atoms with Gasteiger partial charge in [0.25, 0.3) is 5.91 Å². The highest BCUT2D eigenvalue weighted by atomic mass is 19.1. The number of para-hydroxylation sites is 1. The third kappa shape index (κ3) is 5.58. The molecule has 0 aliphatic carbocycles. The first-order valence-electron chi connectivity index (χ1n) is 12.5. The summed E-state index contributed by atoms with van der Waals surface area (Å²) in [5, 5.41) is 6.30. The molecule has 0 spiro atoms. The van der Waals surface area contributed by atoms with Crippen molar-refractivity contribution in [1.82, 2.24) is 9.80 Å². The molecule has 0 saturated carbocycles. The summed E-state index contributed by atoms with van der Waals surface area (Å²) in [6.45, 7) is 6.62. The number of rotatable bonds is 8. The van der Waals surface area contributed by atoms with Crippen LogP contribution in [-0.2, 0) is 4.79 Å². The first-order valence-corrected chi connectivity index (χ1v) is 12.5. The van der Waals surface area contributed by atoms with E-state index in [1.54, 1.807) is 6.07 Å². The fraction of sp³-hybridized carbons (Fsp3) is 0.276. The minimum atomic E-state index is -0.373. The fourth-order valence-electron chi connectivity index (χ4n) is 4.66. The van der Waals surface area contributed by atoms with E-state index in [4.69, 9.17) is 0 Å². The maximum absolute atomic E-state index is 13.7. The highest BCUT2D eigenvalue weighted by Crippen LogP contribution is 2.35. The Balaban J connectivity index is 1.29. The van der Waals surface area contributed by atoms with Crippen molar-refractivity contribution in [2.45, 2.75) is 6.42 Å². The first kappa shape index (κ1) is 24.0. The second kappa shape index (κ2) is 10.9. The second-order valence-electron chi connectivity index (χ2n) is 9.36. The van der Waals surface area contributed by atoms with Gasteiger partial charge in [-0.25, -0.2) is 4.39 Å². The van der Waals surface area contributed by atoms with Crippen LogP contribution in [0.3, 0.4) is 0 Å². The van der Waals surface area contributed by atoms with Crippen LogP contribution in [0.4, 0.5) is 27.1 Å². The molecule has 1 amide bonds. The predicted octanol–water partition coefficient (Wildman–Crippen LogP) is 5.01. The van der Waals surface area contributed by atoms with E-state index >= 15 is 0 Å². The molecule has 0 unspecified atom stereocenters. The van der Waals surface area contributed by atoms with Crippen LogP contribution in [-0.4, -0.2) is 62.0 Å². The van der Waals surface area contributed by atoms with Crippen molar-refractivity contribution in [2.75, 3.05) is 61.8 Å². The normalized spacial score (nSPS) is 17.2. The van der Waals surface area contributed by atoms with Crippen LogP contribution < -0.4 is 15.5 Å². The average Bonchev–Trinajstić information content (AvgIpc) is 3.20. The maximum Gasteiger partial charge on any atom is 0.257 e. The number of carbonyl (C=O) groups is 1. The second-order valence-corrected chi connectivity index (χ2v) is 9.36. The quantitative estimate of drug-likeness (QED) is 0.347. The number of anilines is 4. The highest BCUT2D eigenvalue weighted by Gasteiger charge is 2.26. The van der Waals surface area contributed by atoms with Crippen molar-refractivity contribution < 1.29 is 9.18 Å². The number of amides is 1. The molecule has 2 aliphatic heterocycles. The summed E-state index contributed by atoms with van der Waals surface area (Å²) in [5.41, 5.74) is 4.62. The number of benzene rings is 3. The Morgan fingerprint density at radius 3 is 2.44 bits per heavy atom. The van der Waals surface area contributed by atoms with E-state index in [2.05, 4.69) is 39.6 Å². The van der Waals surface area contributed by atoms with Crippen LogP contribution in [0.2, 0.25) is 0 Å². The topological polar surface area (TPSA) is 50.9 Å². The fourth-order valence-corrected chi connectivity index (χ4v) is 4.66. The third-order valence-electron chi connectivity index (χ3n) is 6.78. The number of nitrogens with zero attached hydrogens (tertiary/aromatic N) is 3. The Bertz CT molecular complexity index is 1220. The van der Waals surface area contributed by atoms with Gasteiger partial charge in [-0.1, -0.05) is 18.2 Å². The summed E-state index contributed by atoms with van der Waals surface area (Å²) in [5.74, 6) is -0.614. The lowest BCUT2D eigenvalue weighted by molar-refractivity contribution is -0.110. The zero-order valence-corrected chi connectivity index (χ0v) is 20.6. The van der Waals surface area contributed by atoms with Crippen molar-refractivity contribution in [3.8, 4) is 0 Å². The number of halogens is 1. The van der Waals surface area contributed by atoms with Crippen molar-refractivity contribution in [1.29, 1.82) is 0 Å². The molecule has 2 aliphatic rings. The molecule has 0 atom stereocenters. The Hall–Kier alpha value is -3.68. The number of piperazine rings is 1. The van der Waals surface area contributed by atoms with E-state index < -0.39 is 0 Å². The van der Waals surface area contributed by atoms with Crippen molar-refractivity contribution in [2.24, 2.45) is 0 Å². The summed E-state index contributed by atoms with van der Waals surface area (Å²) < 4.78 is 13.7. The molecule has 3 aromatic carbocycles. The van der Waals surface area contributed by atoms with Gasteiger partial charge in [-0.2, -0.15) is 0 Å². The molecule has 1 fully saturated rings. The Morgan fingerprint density at radius 2 is 1.69 bits per heavy atom. The highest BCUT2D eigenvalue weighted by molar-refractivity contribution is 6.31. The Kier molecular flexibility index (Phi) is 7.30. The number of fused-ring (bicyclic) bond motifs is 1. The van der Waals surface area contributed by atoms with E-state index in [9.17, 15) is 9.18 Å². The van der Waals surface area contributed by atoms with Gasteiger partial charge in [0, 0.05) is 61.5 Å². The molecular weight excluding hydrogens is 453 g/mol. The maximum atomic E-state index is 13.7. The van der Waals surface area contributed by atoms with Gasteiger partial charge in [-0.3, -0.25) is 4.79 Å². The van der Waals surface area contributed by atoms with Gasteiger partial charge in [-0.05, 0) is 74.6 Å². The number of carbonyl (C=O) groups excluding carboxylic acids is 1. The van der Waals surface area contributed by atoms with Crippen LogP contribution in [0.1, 0.15) is 12.0 Å². The van der Waals surface area contributed by atoms with Crippen LogP contribution in [0.5, 0.6) is 0 Å². The largest absolute Gasteiger partial charge is 0.385 e. The smallest absolute Gasteiger partial charge is 0.257 e.